The summed E-state index contributed by atoms with van der Waals surface area (Å²) in [5.74, 6) is -0.380. The predicted octanol–water partition coefficient (Wildman–Crippen LogP) is 0.504. The van der Waals surface area contributed by atoms with Gasteiger partial charge in [-0.05, 0) is 18.2 Å². The van der Waals surface area contributed by atoms with Crippen molar-refractivity contribution in [2.45, 2.75) is 0 Å². The predicted molar refractivity (Wildman–Crippen MR) is 63.9 cm³/mol. The second-order valence-corrected chi connectivity index (χ2v) is 3.96. The lowest BCUT2D eigenvalue weighted by Gasteiger charge is -2.02. The molecule has 1 saturated heterocycles. The molecule has 1 aromatic carbocycles. The first-order valence-corrected chi connectivity index (χ1v) is 5.47. The first kappa shape index (κ1) is 12.0. The van der Waals surface area contributed by atoms with Gasteiger partial charge in [-0.3, -0.25) is 20.2 Å². The van der Waals surface area contributed by atoms with Crippen molar-refractivity contribution in [2.75, 3.05) is 6.79 Å². The molecule has 0 spiro atoms. The van der Waals surface area contributed by atoms with E-state index in [-0.39, 0.29) is 35.2 Å². The first-order chi connectivity index (χ1) is 9.56. The lowest BCUT2D eigenvalue weighted by atomic mass is 10.1. The fourth-order valence-corrected chi connectivity index (χ4v) is 1.92. The molecular weight excluding hydrogens is 270 g/mol. The molecule has 2 aliphatic rings. The van der Waals surface area contributed by atoms with Gasteiger partial charge in [0.15, 0.2) is 5.75 Å². The largest absolute Gasteiger partial charge is 0.453 e. The number of ether oxygens (including phenoxy) is 2. The normalized spacial score (nSPS) is 18.1. The molecule has 1 aromatic rings. The average molecular weight is 277 g/mol. The van der Waals surface area contributed by atoms with Crippen LogP contribution in [0, 0.1) is 10.1 Å². The van der Waals surface area contributed by atoms with Crippen molar-refractivity contribution in [3.8, 4) is 11.5 Å². The number of imide groups is 1. The fourth-order valence-electron chi connectivity index (χ4n) is 1.92. The van der Waals surface area contributed by atoms with E-state index < -0.39 is 16.9 Å². The molecule has 9 heteroatoms. The molecule has 2 N–H and O–H groups in total. The Bertz CT molecular complexity index is 681. The summed E-state index contributed by atoms with van der Waals surface area (Å²) in [5, 5.41) is 15.4. The van der Waals surface area contributed by atoms with Crippen LogP contribution in [0.3, 0.4) is 0 Å². The van der Waals surface area contributed by atoms with Crippen LogP contribution >= 0.6 is 0 Å². The highest BCUT2D eigenvalue weighted by Gasteiger charge is 2.30. The summed E-state index contributed by atoms with van der Waals surface area (Å²) < 4.78 is 10.1. The minimum Gasteiger partial charge on any atom is -0.453 e. The smallest absolute Gasteiger partial charge is 0.326 e. The molecule has 2 aliphatic heterocycles. The van der Waals surface area contributed by atoms with Crippen molar-refractivity contribution in [3.05, 3.63) is 33.5 Å². The number of carbonyl (C=O) groups is 2. The van der Waals surface area contributed by atoms with E-state index in [1.165, 1.54) is 18.2 Å². The van der Waals surface area contributed by atoms with E-state index in [4.69, 9.17) is 9.47 Å². The van der Waals surface area contributed by atoms with Crippen LogP contribution < -0.4 is 20.1 Å². The van der Waals surface area contributed by atoms with Crippen molar-refractivity contribution >= 4 is 23.7 Å². The number of nitro benzene ring substituents is 1. The Morgan fingerprint density at radius 1 is 1.25 bits per heavy atom. The summed E-state index contributed by atoms with van der Waals surface area (Å²) in [7, 11) is 0. The van der Waals surface area contributed by atoms with Crippen LogP contribution in [0.25, 0.3) is 6.08 Å². The van der Waals surface area contributed by atoms with E-state index in [0.29, 0.717) is 0 Å². The van der Waals surface area contributed by atoms with E-state index in [1.807, 2.05) is 5.32 Å². The number of amides is 3. The van der Waals surface area contributed by atoms with E-state index in [9.17, 15) is 19.7 Å². The summed E-state index contributed by atoms with van der Waals surface area (Å²) in [6, 6.07) is 2.23. The van der Waals surface area contributed by atoms with Gasteiger partial charge in [0.25, 0.3) is 5.91 Å². The number of benzene rings is 1. The van der Waals surface area contributed by atoms with Gasteiger partial charge in [-0.25, -0.2) is 4.79 Å². The maximum atomic E-state index is 11.4. The van der Waals surface area contributed by atoms with Crippen molar-refractivity contribution in [3.63, 3.8) is 0 Å². The summed E-state index contributed by atoms with van der Waals surface area (Å²) >= 11 is 0. The monoisotopic (exact) mass is 277 g/mol. The Kier molecular flexibility index (Phi) is 2.53. The van der Waals surface area contributed by atoms with Crippen LogP contribution in [0.2, 0.25) is 0 Å². The molecule has 0 atom stereocenters. The number of urea groups is 1. The minimum absolute atomic E-state index is 0.00841. The molecule has 2 heterocycles. The van der Waals surface area contributed by atoms with E-state index >= 15 is 0 Å². The molecule has 0 saturated carbocycles. The molecule has 3 rings (SSSR count). The number of nitrogens with zero attached hydrogens (tertiary/aromatic N) is 1. The molecular formula is C11H7N3O6. The molecule has 20 heavy (non-hydrogen) atoms. The summed E-state index contributed by atoms with van der Waals surface area (Å²) in [6.07, 6.45) is 1.21. The van der Waals surface area contributed by atoms with Gasteiger partial charge < -0.3 is 14.8 Å². The van der Waals surface area contributed by atoms with Gasteiger partial charge in [0.2, 0.25) is 12.5 Å². The van der Waals surface area contributed by atoms with Gasteiger partial charge in [-0.2, -0.15) is 0 Å². The molecule has 0 unspecified atom stereocenters. The van der Waals surface area contributed by atoms with Crippen LogP contribution in [-0.4, -0.2) is 23.7 Å². The average Bonchev–Trinajstić information content (AvgIpc) is 2.95. The molecule has 0 aliphatic carbocycles. The maximum Gasteiger partial charge on any atom is 0.326 e. The SMILES string of the molecule is O=C1NC(=O)/C(=C\c2ccc3c(c2[N+](=O)[O-])OCO3)N1. The zero-order valence-corrected chi connectivity index (χ0v) is 9.84. The highest BCUT2D eigenvalue weighted by Crippen LogP contribution is 2.43. The number of nitrogens with one attached hydrogen (secondary N) is 2. The summed E-state index contributed by atoms with van der Waals surface area (Å²) in [4.78, 5) is 32.9. The lowest BCUT2D eigenvalue weighted by Crippen LogP contribution is -2.22. The Labute approximate surface area is 111 Å². The fraction of sp³-hybridized carbons (Fsp3) is 0.0909. The molecule has 1 fully saturated rings. The van der Waals surface area contributed by atoms with Crippen LogP contribution in [0.5, 0.6) is 11.5 Å². The zero-order valence-electron chi connectivity index (χ0n) is 9.84. The number of carbonyl (C=O) groups excluding carboxylic acids is 2. The molecule has 0 aromatic heterocycles. The highest BCUT2D eigenvalue weighted by atomic mass is 16.7. The van der Waals surface area contributed by atoms with Gasteiger partial charge in [0.05, 0.1) is 10.5 Å². The van der Waals surface area contributed by atoms with Crippen molar-refractivity contribution < 1.29 is 24.0 Å². The number of rotatable bonds is 2. The molecule has 9 nitrogen and oxygen atoms in total. The number of nitro groups is 1. The quantitative estimate of drug-likeness (QED) is 0.351. The number of hydrogen-bond acceptors (Lipinski definition) is 6. The Morgan fingerprint density at radius 3 is 2.70 bits per heavy atom. The minimum atomic E-state index is -0.676. The Morgan fingerprint density at radius 2 is 2.05 bits per heavy atom. The third-order valence-corrected chi connectivity index (χ3v) is 2.75. The van der Waals surface area contributed by atoms with E-state index in [0.717, 1.165) is 0 Å². The first-order valence-electron chi connectivity index (χ1n) is 5.47. The number of hydrogen-bond donors (Lipinski definition) is 2. The van der Waals surface area contributed by atoms with Gasteiger partial charge in [-0.15, -0.1) is 0 Å². The van der Waals surface area contributed by atoms with E-state index in [1.54, 1.807) is 0 Å². The molecule has 0 bridgehead atoms. The van der Waals surface area contributed by atoms with Crippen LogP contribution in [0.1, 0.15) is 5.56 Å². The van der Waals surface area contributed by atoms with Crippen molar-refractivity contribution in [1.29, 1.82) is 0 Å². The third kappa shape index (κ3) is 1.81. The number of fused-ring (bicyclic) bond motifs is 1. The van der Waals surface area contributed by atoms with Crippen molar-refractivity contribution in [2.24, 2.45) is 0 Å². The van der Waals surface area contributed by atoms with Gasteiger partial charge in [-0.1, -0.05) is 0 Å². The van der Waals surface area contributed by atoms with Gasteiger partial charge in [0.1, 0.15) is 5.70 Å². The van der Waals surface area contributed by atoms with Gasteiger partial charge in [0, 0.05) is 0 Å². The lowest BCUT2D eigenvalue weighted by molar-refractivity contribution is -0.385. The zero-order chi connectivity index (χ0) is 14.3. The van der Waals surface area contributed by atoms with Gasteiger partial charge >= 0.3 is 11.7 Å². The van der Waals surface area contributed by atoms with Crippen molar-refractivity contribution in [1.82, 2.24) is 10.6 Å². The van der Waals surface area contributed by atoms with Crippen LogP contribution in [-0.2, 0) is 4.79 Å². The third-order valence-electron chi connectivity index (χ3n) is 2.75. The molecule has 102 valence electrons. The second kappa shape index (κ2) is 4.23. The summed E-state index contributed by atoms with van der Waals surface area (Å²) in [6.45, 7) is -0.104. The second-order valence-electron chi connectivity index (χ2n) is 3.96. The van der Waals surface area contributed by atoms with Crippen LogP contribution in [0.4, 0.5) is 10.5 Å². The Hall–Kier alpha value is -3.10. The topological polar surface area (TPSA) is 120 Å². The van der Waals surface area contributed by atoms with E-state index in [2.05, 4.69) is 5.32 Å². The highest BCUT2D eigenvalue weighted by molar-refractivity contribution is 6.14. The standard InChI is InChI=1S/C11H7N3O6/c15-10-6(12-11(16)13-10)3-5-1-2-7-9(20-4-19-7)8(5)14(17)18/h1-3H,4H2,(H2,12,13,15,16)/b6-3+. The maximum absolute atomic E-state index is 11.4. The molecule has 3 amide bonds. The van der Waals surface area contributed by atoms with Crippen LogP contribution in [0.15, 0.2) is 17.8 Å². The Balaban J connectivity index is 2.11. The summed E-state index contributed by atoms with van der Waals surface area (Å²) in [5.41, 5.74) is -0.259. The molecule has 0 radical (unpaired) electrons.